The van der Waals surface area contributed by atoms with Gasteiger partial charge in [0, 0.05) is 36.7 Å². The molecule has 19 heavy (non-hydrogen) atoms. The molecular weight excluding hydrogens is 256 g/mol. The van der Waals surface area contributed by atoms with Crippen LogP contribution in [0.15, 0.2) is 24.3 Å². The first-order valence-electron chi connectivity index (χ1n) is 7.48. The van der Waals surface area contributed by atoms with Crippen LogP contribution in [0.5, 0.6) is 0 Å². The first-order chi connectivity index (χ1) is 9.26. The van der Waals surface area contributed by atoms with Crippen molar-refractivity contribution in [1.29, 1.82) is 0 Å². The molecule has 3 rings (SSSR count). The van der Waals surface area contributed by atoms with Gasteiger partial charge in [-0.15, -0.1) is 0 Å². The van der Waals surface area contributed by atoms with Crippen molar-refractivity contribution in [3.05, 3.63) is 34.9 Å². The van der Waals surface area contributed by atoms with Crippen LogP contribution < -0.4 is 5.32 Å². The zero-order chi connectivity index (χ0) is 13.2. The first-order valence-corrected chi connectivity index (χ1v) is 7.86. The molecule has 104 valence electrons. The van der Waals surface area contributed by atoms with Crippen LogP contribution in [0, 0.1) is 5.92 Å². The zero-order valence-electron chi connectivity index (χ0n) is 11.6. The molecule has 1 saturated carbocycles. The fourth-order valence-electron chi connectivity index (χ4n) is 3.12. The lowest BCUT2D eigenvalue weighted by molar-refractivity contribution is 0.112. The van der Waals surface area contributed by atoms with E-state index >= 15 is 0 Å². The maximum absolute atomic E-state index is 5.96. The van der Waals surface area contributed by atoms with Crippen LogP contribution in [0.4, 0.5) is 0 Å². The Morgan fingerprint density at radius 3 is 2.63 bits per heavy atom. The zero-order valence-corrected chi connectivity index (χ0v) is 12.4. The highest BCUT2D eigenvalue weighted by Crippen LogP contribution is 2.34. The van der Waals surface area contributed by atoms with E-state index in [1.165, 1.54) is 31.4 Å². The van der Waals surface area contributed by atoms with Crippen LogP contribution in [0.25, 0.3) is 0 Å². The highest BCUT2D eigenvalue weighted by Gasteiger charge is 2.36. The Labute approximate surface area is 121 Å². The highest BCUT2D eigenvalue weighted by molar-refractivity contribution is 6.30. The minimum atomic E-state index is 0.672. The lowest BCUT2D eigenvalue weighted by Gasteiger charge is -2.40. The quantitative estimate of drug-likeness (QED) is 0.909. The summed E-state index contributed by atoms with van der Waals surface area (Å²) in [7, 11) is 0. The Bertz CT molecular complexity index is 413. The second-order valence-corrected chi connectivity index (χ2v) is 6.41. The first kappa shape index (κ1) is 13.4. The number of halogens is 1. The van der Waals surface area contributed by atoms with E-state index in [1.807, 2.05) is 12.1 Å². The molecule has 3 heteroatoms. The van der Waals surface area contributed by atoms with E-state index in [2.05, 4.69) is 29.3 Å². The molecule has 1 aliphatic carbocycles. The average Bonchev–Trinajstić information content (AvgIpc) is 3.26. The van der Waals surface area contributed by atoms with E-state index in [0.29, 0.717) is 6.04 Å². The molecular formula is C16H23ClN2. The second kappa shape index (κ2) is 5.82. The van der Waals surface area contributed by atoms with Crippen LogP contribution in [0.1, 0.15) is 31.7 Å². The van der Waals surface area contributed by atoms with Gasteiger partial charge in [-0.3, -0.25) is 4.90 Å². The third-order valence-corrected chi connectivity index (χ3v) is 4.78. The van der Waals surface area contributed by atoms with E-state index < -0.39 is 0 Å². The Kier molecular flexibility index (Phi) is 4.11. The maximum Gasteiger partial charge on any atom is 0.0406 e. The lowest BCUT2D eigenvalue weighted by Crippen LogP contribution is -2.56. The Balaban J connectivity index is 1.66. The molecule has 1 saturated heterocycles. The van der Waals surface area contributed by atoms with E-state index in [0.717, 1.165) is 30.1 Å². The molecule has 1 N–H and O–H groups in total. The number of hydrogen-bond donors (Lipinski definition) is 1. The Morgan fingerprint density at radius 2 is 2.00 bits per heavy atom. The molecule has 2 fully saturated rings. The molecule has 0 bridgehead atoms. The smallest absolute Gasteiger partial charge is 0.0406 e. The van der Waals surface area contributed by atoms with Crippen LogP contribution in [0.3, 0.4) is 0 Å². The van der Waals surface area contributed by atoms with Crippen molar-refractivity contribution in [3.8, 4) is 0 Å². The SMILES string of the molecule is CCC1CNC(C2CC2)CN1Cc1ccc(Cl)cc1. The van der Waals surface area contributed by atoms with E-state index in [9.17, 15) is 0 Å². The maximum atomic E-state index is 5.96. The van der Waals surface area contributed by atoms with Gasteiger partial charge >= 0.3 is 0 Å². The predicted molar refractivity (Wildman–Crippen MR) is 80.5 cm³/mol. The number of nitrogens with one attached hydrogen (secondary N) is 1. The molecule has 1 aromatic carbocycles. The van der Waals surface area contributed by atoms with Gasteiger partial charge < -0.3 is 5.32 Å². The van der Waals surface area contributed by atoms with Gasteiger partial charge in [0.2, 0.25) is 0 Å². The Morgan fingerprint density at radius 1 is 1.26 bits per heavy atom. The van der Waals surface area contributed by atoms with Crippen molar-refractivity contribution < 1.29 is 0 Å². The van der Waals surface area contributed by atoms with Crippen LogP contribution >= 0.6 is 11.6 Å². The third-order valence-electron chi connectivity index (χ3n) is 4.52. The van der Waals surface area contributed by atoms with E-state index in [4.69, 9.17) is 11.6 Å². The lowest BCUT2D eigenvalue weighted by atomic mass is 10.0. The van der Waals surface area contributed by atoms with E-state index in [-0.39, 0.29) is 0 Å². The van der Waals surface area contributed by atoms with Crippen LogP contribution in [0.2, 0.25) is 5.02 Å². The highest BCUT2D eigenvalue weighted by atomic mass is 35.5. The van der Waals surface area contributed by atoms with Gasteiger partial charge in [0.05, 0.1) is 0 Å². The molecule has 2 atom stereocenters. The fraction of sp³-hybridized carbons (Fsp3) is 0.625. The molecule has 0 spiro atoms. The van der Waals surface area contributed by atoms with Gasteiger partial charge in [-0.1, -0.05) is 30.7 Å². The number of benzene rings is 1. The van der Waals surface area contributed by atoms with Gasteiger partial charge in [-0.25, -0.2) is 0 Å². The van der Waals surface area contributed by atoms with Crippen molar-refractivity contribution in [2.45, 2.75) is 44.8 Å². The summed E-state index contributed by atoms with van der Waals surface area (Å²) < 4.78 is 0. The third kappa shape index (κ3) is 3.31. The van der Waals surface area contributed by atoms with Crippen molar-refractivity contribution >= 4 is 11.6 Å². The summed E-state index contributed by atoms with van der Waals surface area (Å²) in [5.74, 6) is 0.936. The standard InChI is InChI=1S/C16H23ClN2/c1-2-15-9-18-16(13-5-6-13)11-19(15)10-12-3-7-14(17)8-4-12/h3-4,7-8,13,15-16,18H,2,5-6,9-11H2,1H3. The van der Waals surface area contributed by atoms with Crippen molar-refractivity contribution in [1.82, 2.24) is 10.2 Å². The van der Waals surface area contributed by atoms with Crippen LogP contribution in [-0.4, -0.2) is 30.1 Å². The molecule has 1 heterocycles. The fourth-order valence-corrected chi connectivity index (χ4v) is 3.24. The largest absolute Gasteiger partial charge is 0.311 e. The summed E-state index contributed by atoms with van der Waals surface area (Å²) in [6.07, 6.45) is 4.06. The summed E-state index contributed by atoms with van der Waals surface area (Å²) in [6.45, 7) is 5.69. The summed E-state index contributed by atoms with van der Waals surface area (Å²) in [5, 5.41) is 4.57. The second-order valence-electron chi connectivity index (χ2n) is 5.97. The van der Waals surface area contributed by atoms with E-state index in [1.54, 1.807) is 0 Å². The summed E-state index contributed by atoms with van der Waals surface area (Å²) >= 11 is 5.96. The van der Waals surface area contributed by atoms with Gasteiger partial charge in [0.25, 0.3) is 0 Å². The molecule has 2 nitrogen and oxygen atoms in total. The number of hydrogen-bond acceptors (Lipinski definition) is 2. The monoisotopic (exact) mass is 278 g/mol. The van der Waals surface area contributed by atoms with Crippen molar-refractivity contribution in [2.24, 2.45) is 5.92 Å². The Hall–Kier alpha value is -0.570. The molecule has 0 amide bonds. The van der Waals surface area contributed by atoms with Gasteiger partial charge in [-0.05, 0) is 42.9 Å². The van der Waals surface area contributed by atoms with Crippen molar-refractivity contribution in [3.63, 3.8) is 0 Å². The molecule has 1 aliphatic heterocycles. The minimum Gasteiger partial charge on any atom is -0.311 e. The van der Waals surface area contributed by atoms with Gasteiger partial charge in [-0.2, -0.15) is 0 Å². The topological polar surface area (TPSA) is 15.3 Å². The van der Waals surface area contributed by atoms with Crippen molar-refractivity contribution in [2.75, 3.05) is 13.1 Å². The number of nitrogens with zero attached hydrogens (tertiary/aromatic N) is 1. The molecule has 1 aromatic rings. The van der Waals surface area contributed by atoms with Crippen LogP contribution in [-0.2, 0) is 6.54 Å². The number of rotatable bonds is 4. The van der Waals surface area contributed by atoms with Gasteiger partial charge in [0.15, 0.2) is 0 Å². The molecule has 2 aliphatic rings. The molecule has 0 radical (unpaired) electrons. The minimum absolute atomic E-state index is 0.672. The summed E-state index contributed by atoms with van der Waals surface area (Å²) in [6, 6.07) is 9.70. The molecule has 2 unspecified atom stereocenters. The number of piperazine rings is 1. The average molecular weight is 279 g/mol. The van der Waals surface area contributed by atoms with Gasteiger partial charge in [0.1, 0.15) is 0 Å². The summed E-state index contributed by atoms with van der Waals surface area (Å²) in [4.78, 5) is 2.66. The summed E-state index contributed by atoms with van der Waals surface area (Å²) in [5.41, 5.74) is 1.37. The normalized spacial score (nSPS) is 28.5. The molecule has 0 aromatic heterocycles. The predicted octanol–water partition coefficient (Wildman–Crippen LogP) is 3.30.